The highest BCUT2D eigenvalue weighted by Crippen LogP contribution is 2.14. The first-order valence-electron chi connectivity index (χ1n) is 5.25. The molecule has 0 bridgehead atoms. The van der Waals surface area contributed by atoms with Gasteiger partial charge in [-0.15, -0.1) is 0 Å². The molecule has 0 fully saturated rings. The Labute approximate surface area is 95.5 Å². The van der Waals surface area contributed by atoms with Gasteiger partial charge in [-0.1, -0.05) is 18.5 Å². The van der Waals surface area contributed by atoms with Crippen molar-refractivity contribution in [2.45, 2.75) is 19.8 Å². The molecule has 0 unspecified atom stereocenters. The zero-order chi connectivity index (χ0) is 11.8. The number of methoxy groups -OCH3 is 1. The van der Waals surface area contributed by atoms with E-state index < -0.39 is 0 Å². The Morgan fingerprint density at radius 1 is 1.31 bits per heavy atom. The molecule has 1 aromatic carbocycles. The number of hydrogen-bond acceptors (Lipinski definition) is 4. The van der Waals surface area contributed by atoms with Gasteiger partial charge in [0.15, 0.2) is 6.79 Å². The summed E-state index contributed by atoms with van der Waals surface area (Å²) in [6.07, 6.45) is 1.70. The third-order valence-electron chi connectivity index (χ3n) is 2.14. The van der Waals surface area contributed by atoms with Crippen molar-refractivity contribution in [2.75, 3.05) is 13.9 Å². The first kappa shape index (κ1) is 12.5. The maximum Gasteiger partial charge on any atom is 0.188 e. The molecule has 0 radical (unpaired) electrons. The van der Waals surface area contributed by atoms with Crippen LogP contribution in [0.2, 0.25) is 0 Å². The van der Waals surface area contributed by atoms with E-state index in [4.69, 9.17) is 14.7 Å². The average Bonchev–Trinajstić information content (AvgIpc) is 2.34. The van der Waals surface area contributed by atoms with E-state index in [-0.39, 0.29) is 6.79 Å². The van der Waals surface area contributed by atoms with Crippen molar-refractivity contribution >= 4 is 5.71 Å². The lowest BCUT2D eigenvalue weighted by atomic mass is 10.1. The lowest BCUT2D eigenvalue weighted by Crippen LogP contribution is -2.02. The molecule has 0 aromatic heterocycles. The molecule has 1 rings (SSSR count). The highest BCUT2D eigenvalue weighted by molar-refractivity contribution is 6.00. The molecular weight excluding hydrogens is 206 g/mol. The van der Waals surface area contributed by atoms with Gasteiger partial charge in [-0.05, 0) is 36.2 Å². The van der Waals surface area contributed by atoms with E-state index in [2.05, 4.69) is 5.16 Å². The van der Waals surface area contributed by atoms with Gasteiger partial charge in [-0.25, -0.2) is 0 Å². The van der Waals surface area contributed by atoms with Crippen LogP contribution in [0.15, 0.2) is 29.4 Å². The molecule has 0 amide bonds. The van der Waals surface area contributed by atoms with E-state index in [1.165, 1.54) is 0 Å². The predicted octanol–water partition coefficient (Wildman–Crippen LogP) is 2.65. The van der Waals surface area contributed by atoms with Gasteiger partial charge in [0.05, 0.1) is 5.71 Å². The van der Waals surface area contributed by atoms with Gasteiger partial charge in [0.25, 0.3) is 0 Å². The summed E-state index contributed by atoms with van der Waals surface area (Å²) < 4.78 is 10.1. The van der Waals surface area contributed by atoms with E-state index in [1.54, 1.807) is 7.11 Å². The van der Waals surface area contributed by atoms with Gasteiger partial charge in [0, 0.05) is 7.11 Å². The highest BCUT2D eigenvalue weighted by atomic mass is 16.7. The number of hydrogen-bond donors (Lipinski definition) is 1. The third-order valence-corrected chi connectivity index (χ3v) is 2.14. The van der Waals surface area contributed by atoms with Gasteiger partial charge in [-0.3, -0.25) is 0 Å². The normalized spacial score (nSPS) is 11.5. The highest BCUT2D eigenvalue weighted by Gasteiger charge is 2.03. The van der Waals surface area contributed by atoms with E-state index in [9.17, 15) is 0 Å². The fraction of sp³-hybridized carbons (Fsp3) is 0.417. The lowest BCUT2D eigenvalue weighted by molar-refractivity contribution is 0.0511. The molecule has 0 atom stereocenters. The quantitative estimate of drug-likeness (QED) is 0.349. The van der Waals surface area contributed by atoms with E-state index >= 15 is 0 Å². The van der Waals surface area contributed by atoms with Crippen LogP contribution >= 0.6 is 0 Å². The molecule has 0 aliphatic carbocycles. The first-order valence-corrected chi connectivity index (χ1v) is 5.25. The molecule has 4 heteroatoms. The predicted molar refractivity (Wildman–Crippen MR) is 62.2 cm³/mol. The molecule has 0 aliphatic rings. The van der Waals surface area contributed by atoms with Gasteiger partial charge < -0.3 is 14.7 Å². The van der Waals surface area contributed by atoms with Crippen LogP contribution in [0.25, 0.3) is 0 Å². The van der Waals surface area contributed by atoms with Gasteiger partial charge in [0.1, 0.15) is 5.75 Å². The molecule has 4 nitrogen and oxygen atoms in total. The minimum atomic E-state index is 0.231. The number of rotatable bonds is 6. The number of nitrogens with zero attached hydrogens (tertiary/aromatic N) is 1. The fourth-order valence-corrected chi connectivity index (χ4v) is 1.36. The molecular formula is C12H17NO3. The first-order chi connectivity index (χ1) is 7.81. The second-order valence-corrected chi connectivity index (χ2v) is 3.37. The molecule has 88 valence electrons. The smallest absolute Gasteiger partial charge is 0.188 e. The van der Waals surface area contributed by atoms with Crippen molar-refractivity contribution < 1.29 is 14.7 Å². The Bertz CT molecular complexity index is 333. The Kier molecular flexibility index (Phi) is 5.36. The Morgan fingerprint density at radius 3 is 2.50 bits per heavy atom. The van der Waals surface area contributed by atoms with Crippen LogP contribution in [0.5, 0.6) is 5.75 Å². The zero-order valence-corrected chi connectivity index (χ0v) is 9.64. The standard InChI is InChI=1S/C12H17NO3/c1-3-4-12(13-14)10-5-7-11(8-6-10)16-9-15-2/h5-8,14H,3-4,9H2,1-2H3/b13-12-. The van der Waals surface area contributed by atoms with Crippen LogP contribution in [0, 0.1) is 0 Å². The van der Waals surface area contributed by atoms with E-state index in [1.807, 2.05) is 31.2 Å². The van der Waals surface area contributed by atoms with E-state index in [0.29, 0.717) is 5.71 Å². The van der Waals surface area contributed by atoms with Crippen molar-refractivity contribution in [1.29, 1.82) is 0 Å². The van der Waals surface area contributed by atoms with Crippen LogP contribution < -0.4 is 4.74 Å². The second kappa shape index (κ2) is 6.85. The molecule has 0 saturated heterocycles. The van der Waals surface area contributed by atoms with Gasteiger partial charge >= 0.3 is 0 Å². The molecule has 0 spiro atoms. The van der Waals surface area contributed by atoms with E-state index in [0.717, 1.165) is 24.2 Å². The average molecular weight is 223 g/mol. The summed E-state index contributed by atoms with van der Waals surface area (Å²) in [6, 6.07) is 7.40. The van der Waals surface area contributed by atoms with Gasteiger partial charge in [0.2, 0.25) is 0 Å². The van der Waals surface area contributed by atoms with Crippen molar-refractivity contribution in [3.8, 4) is 5.75 Å². The maximum atomic E-state index is 8.86. The minimum Gasteiger partial charge on any atom is -0.468 e. The number of benzene rings is 1. The summed E-state index contributed by atoms with van der Waals surface area (Å²) in [6.45, 7) is 2.27. The van der Waals surface area contributed by atoms with Gasteiger partial charge in [-0.2, -0.15) is 0 Å². The number of oxime groups is 1. The van der Waals surface area contributed by atoms with Crippen LogP contribution in [0.3, 0.4) is 0 Å². The Morgan fingerprint density at radius 2 is 2.00 bits per heavy atom. The summed E-state index contributed by atoms with van der Waals surface area (Å²) in [5.41, 5.74) is 1.61. The van der Waals surface area contributed by atoms with Crippen LogP contribution in [0.4, 0.5) is 0 Å². The maximum absolute atomic E-state index is 8.86. The van der Waals surface area contributed by atoms with Crippen LogP contribution in [-0.4, -0.2) is 24.8 Å². The molecule has 0 heterocycles. The minimum absolute atomic E-state index is 0.231. The fourth-order valence-electron chi connectivity index (χ4n) is 1.36. The monoisotopic (exact) mass is 223 g/mol. The molecule has 1 N–H and O–H groups in total. The second-order valence-electron chi connectivity index (χ2n) is 3.37. The summed E-state index contributed by atoms with van der Waals surface area (Å²) in [7, 11) is 1.58. The molecule has 0 aliphatic heterocycles. The topological polar surface area (TPSA) is 51.1 Å². The van der Waals surface area contributed by atoms with Crippen molar-refractivity contribution in [3.63, 3.8) is 0 Å². The Balaban J connectivity index is 2.69. The zero-order valence-electron chi connectivity index (χ0n) is 9.64. The van der Waals surface area contributed by atoms with Crippen LogP contribution in [0.1, 0.15) is 25.3 Å². The largest absolute Gasteiger partial charge is 0.468 e. The lowest BCUT2D eigenvalue weighted by Gasteiger charge is -2.06. The number of ether oxygens (including phenoxy) is 2. The molecule has 0 saturated carbocycles. The molecule has 1 aromatic rings. The SMILES string of the molecule is CCC/C(=N/O)c1ccc(OCOC)cc1. The van der Waals surface area contributed by atoms with Crippen LogP contribution in [-0.2, 0) is 4.74 Å². The van der Waals surface area contributed by atoms with Crippen molar-refractivity contribution in [1.82, 2.24) is 0 Å². The summed E-state index contributed by atoms with van der Waals surface area (Å²) in [4.78, 5) is 0. The van der Waals surface area contributed by atoms with Crippen molar-refractivity contribution in [2.24, 2.45) is 5.16 Å². The summed E-state index contributed by atoms with van der Waals surface area (Å²) >= 11 is 0. The molecule has 16 heavy (non-hydrogen) atoms. The summed E-state index contributed by atoms with van der Waals surface area (Å²) in [5.74, 6) is 0.736. The van der Waals surface area contributed by atoms with Crippen molar-refractivity contribution in [3.05, 3.63) is 29.8 Å². The summed E-state index contributed by atoms with van der Waals surface area (Å²) in [5, 5.41) is 12.1. The third kappa shape index (κ3) is 3.55. The Hall–Kier alpha value is -1.55.